The minimum Gasteiger partial charge on any atom is -0.755 e. The molecule has 1 unspecified atom stereocenters. The van der Waals surface area contributed by atoms with Gasteiger partial charge in [-0.2, -0.15) is 5.10 Å². The first kappa shape index (κ1) is 33.2. The number of aromatic nitrogens is 4. The molecule has 15 heteroatoms. The van der Waals surface area contributed by atoms with Crippen LogP contribution in [0.5, 0.6) is 11.5 Å². The minimum absolute atomic E-state index is 0.0630. The lowest BCUT2D eigenvalue weighted by molar-refractivity contribution is -0.0270. The van der Waals surface area contributed by atoms with Crippen LogP contribution < -0.4 is 13.9 Å². The molecular formula is C32H42FN8O5S-. The van der Waals surface area contributed by atoms with Crippen LogP contribution in [0, 0.1) is 11.2 Å². The van der Waals surface area contributed by atoms with E-state index in [0.29, 0.717) is 23.9 Å². The van der Waals surface area contributed by atoms with E-state index < -0.39 is 17.1 Å². The highest BCUT2D eigenvalue weighted by atomic mass is 32.2. The zero-order valence-electron chi connectivity index (χ0n) is 27.2. The highest BCUT2D eigenvalue weighted by molar-refractivity contribution is 7.80. The van der Waals surface area contributed by atoms with E-state index in [1.807, 2.05) is 13.8 Å². The minimum atomic E-state index is -2.41. The van der Waals surface area contributed by atoms with Crippen LogP contribution in [0.1, 0.15) is 49.9 Å². The molecule has 3 aromatic rings. The van der Waals surface area contributed by atoms with Crippen molar-refractivity contribution < 1.29 is 27.4 Å². The molecule has 3 saturated heterocycles. The van der Waals surface area contributed by atoms with Gasteiger partial charge in [0.1, 0.15) is 17.9 Å². The summed E-state index contributed by atoms with van der Waals surface area (Å²) in [6.07, 6.45) is 10.00. The van der Waals surface area contributed by atoms with Crippen LogP contribution in [0.25, 0.3) is 0 Å². The van der Waals surface area contributed by atoms with Gasteiger partial charge >= 0.3 is 0 Å². The summed E-state index contributed by atoms with van der Waals surface area (Å²) in [6.45, 7) is 8.55. The fraction of sp³-hybridized carbons (Fsp3) is 0.562. The van der Waals surface area contributed by atoms with Gasteiger partial charge in [-0.15, -0.1) is 0 Å². The summed E-state index contributed by atoms with van der Waals surface area (Å²) < 4.78 is 53.5. The third-order valence-electron chi connectivity index (χ3n) is 9.66. The summed E-state index contributed by atoms with van der Waals surface area (Å²) in [5, 5.41) is 4.11. The molecule has 1 aromatic carbocycles. The molecule has 0 N–H and O–H groups in total. The number of ether oxygens (including phenoxy) is 2. The van der Waals surface area contributed by atoms with Gasteiger partial charge in [0.25, 0.3) is 5.91 Å². The Balaban J connectivity index is 1.01. The van der Waals surface area contributed by atoms with Gasteiger partial charge in [-0.3, -0.25) is 18.0 Å². The Morgan fingerprint density at radius 2 is 1.98 bits per heavy atom. The maximum absolute atomic E-state index is 14.2. The van der Waals surface area contributed by atoms with Crippen molar-refractivity contribution in [1.82, 2.24) is 29.5 Å². The molecular weight excluding hydrogens is 627 g/mol. The summed E-state index contributed by atoms with van der Waals surface area (Å²) in [5.41, 5.74) is 0.873. The Bertz CT molecular complexity index is 1580. The normalized spacial score (nSPS) is 21.8. The molecule has 2 aromatic heterocycles. The average molecular weight is 670 g/mol. The van der Waals surface area contributed by atoms with Crippen molar-refractivity contribution in [3.8, 4) is 11.5 Å². The molecule has 1 spiro atoms. The van der Waals surface area contributed by atoms with Gasteiger partial charge in [0, 0.05) is 62.6 Å². The monoisotopic (exact) mass is 669 g/mol. The third kappa shape index (κ3) is 7.27. The van der Waals surface area contributed by atoms with E-state index >= 15 is 0 Å². The molecule has 3 aliphatic rings. The van der Waals surface area contributed by atoms with E-state index in [0.717, 1.165) is 58.4 Å². The van der Waals surface area contributed by atoms with Crippen LogP contribution in [-0.4, -0.2) is 109 Å². The van der Waals surface area contributed by atoms with E-state index in [4.69, 9.17) is 9.47 Å². The standard InChI is InChI=1S/C32H43FN8O5S/c1-22(2)38(4)31(42)27-13-23(33)5-8-28(27)46-29-15-34-21-35-30(29)40-19-32(20-40)9-11-39(12-10-32)17-26-7-6-24(18-45-26)41(47(43)44)25-14-36-37(3)16-25/h5,8,13-16,21-22,24,26H,6-7,9-12,17-20H2,1-4H3,(H,43,44)/p-1/t24-,26+/m1/s1. The van der Waals surface area contributed by atoms with Gasteiger partial charge in [-0.25, -0.2) is 14.4 Å². The van der Waals surface area contributed by atoms with Crippen molar-refractivity contribution in [2.24, 2.45) is 12.5 Å². The van der Waals surface area contributed by atoms with Crippen LogP contribution in [0.2, 0.25) is 0 Å². The Labute approximate surface area is 277 Å². The number of halogens is 1. The molecule has 0 radical (unpaired) electrons. The number of hydrogen-bond donors (Lipinski definition) is 0. The third-order valence-corrected chi connectivity index (χ3v) is 10.5. The molecule has 5 heterocycles. The predicted octanol–water partition coefficient (Wildman–Crippen LogP) is 3.37. The number of benzene rings is 1. The van der Waals surface area contributed by atoms with Gasteiger partial charge in [0.2, 0.25) is 0 Å². The second-order valence-electron chi connectivity index (χ2n) is 13.2. The van der Waals surface area contributed by atoms with Crippen LogP contribution >= 0.6 is 0 Å². The molecule has 254 valence electrons. The van der Waals surface area contributed by atoms with E-state index in [1.54, 1.807) is 42.3 Å². The summed E-state index contributed by atoms with van der Waals surface area (Å²) >= 11 is -2.41. The topological polar surface area (TPSA) is 132 Å². The van der Waals surface area contributed by atoms with Crippen molar-refractivity contribution in [3.05, 3.63) is 54.5 Å². The van der Waals surface area contributed by atoms with E-state index in [1.165, 1.54) is 28.8 Å². The fourth-order valence-corrected chi connectivity index (χ4v) is 7.39. The second kappa shape index (κ2) is 13.8. The maximum atomic E-state index is 14.2. The summed E-state index contributed by atoms with van der Waals surface area (Å²) in [5.74, 6) is 0.486. The van der Waals surface area contributed by atoms with E-state index in [2.05, 4.69) is 24.9 Å². The number of likely N-dealkylation sites (tertiary alicyclic amines) is 1. The molecule has 0 aliphatic carbocycles. The number of piperidine rings is 1. The first-order chi connectivity index (χ1) is 22.5. The van der Waals surface area contributed by atoms with Gasteiger partial charge < -0.3 is 28.7 Å². The van der Waals surface area contributed by atoms with Crippen LogP contribution in [-0.2, 0) is 23.1 Å². The van der Waals surface area contributed by atoms with Crippen molar-refractivity contribution in [1.29, 1.82) is 0 Å². The largest absolute Gasteiger partial charge is 0.755 e. The summed E-state index contributed by atoms with van der Waals surface area (Å²) in [7, 11) is 3.44. The maximum Gasteiger partial charge on any atom is 0.257 e. The van der Waals surface area contributed by atoms with Gasteiger partial charge in [0.05, 0.1) is 42.4 Å². The fourth-order valence-electron chi connectivity index (χ4n) is 6.71. The van der Waals surface area contributed by atoms with Crippen LogP contribution in [0.3, 0.4) is 0 Å². The number of rotatable bonds is 10. The first-order valence-electron chi connectivity index (χ1n) is 16.0. The predicted molar refractivity (Wildman–Crippen MR) is 173 cm³/mol. The highest BCUT2D eigenvalue weighted by Crippen LogP contribution is 2.45. The number of carbonyl (C=O) groups is 1. The SMILES string of the molecule is CC(C)N(C)C(=O)c1cc(F)ccc1Oc1cncnc1N1CC2(CCN(C[C@@H]3CC[C@@H](N(c4cnn(C)c4)S(=O)[O-])CO3)CC2)C1. The number of carbonyl (C=O) groups excluding carboxylic acids is 1. The molecule has 0 bridgehead atoms. The van der Waals surface area contributed by atoms with E-state index in [-0.39, 0.29) is 40.8 Å². The molecule has 6 rings (SSSR count). The van der Waals surface area contributed by atoms with Crippen molar-refractivity contribution >= 4 is 28.7 Å². The van der Waals surface area contributed by atoms with Crippen LogP contribution in [0.15, 0.2) is 43.1 Å². The number of amides is 1. The van der Waals surface area contributed by atoms with Gasteiger partial charge in [0.15, 0.2) is 11.6 Å². The van der Waals surface area contributed by atoms with Crippen molar-refractivity contribution in [2.75, 3.05) is 55.6 Å². The Morgan fingerprint density at radius 1 is 1.21 bits per heavy atom. The van der Waals surface area contributed by atoms with Gasteiger partial charge in [-0.1, -0.05) is 0 Å². The zero-order chi connectivity index (χ0) is 33.3. The second-order valence-corrected chi connectivity index (χ2v) is 14.0. The summed E-state index contributed by atoms with van der Waals surface area (Å²) in [4.78, 5) is 28.0. The Morgan fingerprint density at radius 3 is 2.62 bits per heavy atom. The molecule has 1 amide bonds. The zero-order valence-corrected chi connectivity index (χ0v) is 28.1. The lowest BCUT2D eigenvalue weighted by Gasteiger charge is -2.54. The Hall–Kier alpha value is -3.66. The highest BCUT2D eigenvalue weighted by Gasteiger charge is 2.46. The average Bonchev–Trinajstić information content (AvgIpc) is 3.46. The van der Waals surface area contributed by atoms with E-state index in [9.17, 15) is 17.9 Å². The number of aryl methyl sites for hydroxylation is 1. The van der Waals surface area contributed by atoms with Crippen molar-refractivity contribution in [3.63, 3.8) is 0 Å². The Kier molecular flexibility index (Phi) is 9.78. The molecule has 3 aliphatic heterocycles. The molecule has 0 saturated carbocycles. The van der Waals surface area contributed by atoms with Gasteiger partial charge in [-0.05, 0) is 70.8 Å². The van der Waals surface area contributed by atoms with Crippen molar-refractivity contribution in [2.45, 2.75) is 57.7 Å². The smallest absolute Gasteiger partial charge is 0.257 e. The lowest BCUT2D eigenvalue weighted by Crippen LogP contribution is -2.61. The number of anilines is 2. The number of nitrogens with zero attached hydrogens (tertiary/aromatic N) is 8. The molecule has 3 atom stereocenters. The molecule has 13 nitrogen and oxygen atoms in total. The number of hydrogen-bond acceptors (Lipinski definition) is 10. The first-order valence-corrected chi connectivity index (χ1v) is 17.1. The molecule has 47 heavy (non-hydrogen) atoms. The molecule has 3 fully saturated rings. The summed E-state index contributed by atoms with van der Waals surface area (Å²) in [6, 6.07) is 3.64. The quantitative estimate of drug-likeness (QED) is 0.296. The lowest BCUT2D eigenvalue weighted by atomic mass is 9.72. The van der Waals surface area contributed by atoms with Crippen LogP contribution in [0.4, 0.5) is 15.9 Å².